The van der Waals surface area contributed by atoms with Crippen LogP contribution in [0.4, 0.5) is 13.2 Å². The number of benzene rings is 3. The minimum atomic E-state index is -1.10. The molecule has 2 heterocycles. The zero-order valence-corrected chi connectivity index (χ0v) is 23.5. The molecule has 0 saturated carbocycles. The first-order valence-electron chi connectivity index (χ1n) is 13.3. The number of pyridine rings is 1. The van der Waals surface area contributed by atoms with E-state index in [1.54, 1.807) is 41.8 Å². The lowest BCUT2D eigenvalue weighted by Gasteiger charge is -2.12. The molecule has 5 aromatic rings. The molecule has 8 nitrogen and oxygen atoms in total. The van der Waals surface area contributed by atoms with Gasteiger partial charge in [0.15, 0.2) is 0 Å². The number of aliphatic hydroxyl groups is 2. The maximum Gasteiger partial charge on any atom is 0.335 e. The fourth-order valence-electron chi connectivity index (χ4n) is 4.58. The summed E-state index contributed by atoms with van der Waals surface area (Å²) < 4.78 is 52.1. The number of imidazole rings is 1. The Morgan fingerprint density at radius 2 is 1.67 bits per heavy atom. The van der Waals surface area contributed by atoms with Crippen molar-refractivity contribution in [2.75, 3.05) is 13.7 Å². The number of hydrogen-bond donors (Lipinski definition) is 3. The lowest BCUT2D eigenvalue weighted by atomic mass is 10.0. The van der Waals surface area contributed by atoms with Crippen LogP contribution in [-0.4, -0.2) is 49.5 Å². The zero-order valence-electron chi connectivity index (χ0n) is 23.5. The Balaban J connectivity index is 0.00000207. The molecule has 5 rings (SSSR count). The first kappa shape index (κ1) is 31.2. The van der Waals surface area contributed by atoms with Gasteiger partial charge >= 0.3 is 5.97 Å². The van der Waals surface area contributed by atoms with Crippen molar-refractivity contribution in [3.05, 3.63) is 112 Å². The van der Waals surface area contributed by atoms with Crippen LogP contribution < -0.4 is 4.74 Å². The van der Waals surface area contributed by atoms with Crippen molar-refractivity contribution in [3.8, 4) is 17.1 Å². The number of fused-ring (bicyclic) bond motifs is 1. The number of ether oxygens (including phenoxy) is 1. The van der Waals surface area contributed by atoms with Crippen LogP contribution in [0, 0.1) is 24.4 Å². The van der Waals surface area contributed by atoms with Gasteiger partial charge in [0.2, 0.25) is 5.88 Å². The van der Waals surface area contributed by atoms with Crippen LogP contribution in [0.25, 0.3) is 22.3 Å². The van der Waals surface area contributed by atoms with Crippen molar-refractivity contribution in [1.29, 1.82) is 0 Å². The second-order valence-corrected chi connectivity index (χ2v) is 9.61. The third-order valence-corrected chi connectivity index (χ3v) is 6.68. The van der Waals surface area contributed by atoms with E-state index in [1.165, 1.54) is 24.3 Å². The molecule has 0 aliphatic carbocycles. The van der Waals surface area contributed by atoms with Gasteiger partial charge in [-0.2, -0.15) is 0 Å². The Morgan fingerprint density at radius 3 is 2.40 bits per heavy atom. The second-order valence-electron chi connectivity index (χ2n) is 9.61. The van der Waals surface area contributed by atoms with Crippen molar-refractivity contribution >= 4 is 17.0 Å². The standard InChI is InChI=1S/C31H26F3N3O4.CH4O/c1-18-6-7-20(23(32)12-18)17-41-30-5-2-4-26(36-30)22-16-24(33)21(13-25(22)34)15-29-35-27-9-8-19(31(39)40)14-28(27)37(29)10-3-11-38;1-2/h2,4-9,12-14,16,38H,3,10-11,15,17H2,1H3,(H,39,40);2H,1H3. The summed E-state index contributed by atoms with van der Waals surface area (Å²) in [5, 5.41) is 25.7. The van der Waals surface area contributed by atoms with Crippen LogP contribution >= 0.6 is 0 Å². The van der Waals surface area contributed by atoms with Gasteiger partial charge in [-0.05, 0) is 66.9 Å². The van der Waals surface area contributed by atoms with Gasteiger partial charge in [0.25, 0.3) is 0 Å². The Morgan fingerprint density at radius 1 is 0.907 bits per heavy atom. The summed E-state index contributed by atoms with van der Waals surface area (Å²) in [5.41, 5.74) is 2.34. The third kappa shape index (κ3) is 7.19. The number of nitrogens with zero attached hydrogens (tertiary/aromatic N) is 3. The van der Waals surface area contributed by atoms with Gasteiger partial charge in [0.1, 0.15) is 29.9 Å². The molecule has 2 aromatic heterocycles. The number of aliphatic hydroxyl groups excluding tert-OH is 2. The van der Waals surface area contributed by atoms with E-state index in [0.717, 1.165) is 24.8 Å². The first-order valence-corrected chi connectivity index (χ1v) is 13.3. The second kappa shape index (κ2) is 14.0. The number of aromatic nitrogens is 3. The summed E-state index contributed by atoms with van der Waals surface area (Å²) in [5.74, 6) is -2.36. The average molecular weight is 594 g/mol. The molecular formula is C32H30F3N3O5. The van der Waals surface area contributed by atoms with Crippen molar-refractivity contribution in [3.63, 3.8) is 0 Å². The first-order chi connectivity index (χ1) is 20.7. The quantitative estimate of drug-likeness (QED) is 0.191. The maximum atomic E-state index is 15.3. The molecule has 0 amide bonds. The van der Waals surface area contributed by atoms with Crippen LogP contribution in [0.1, 0.15) is 39.3 Å². The van der Waals surface area contributed by atoms with Crippen LogP contribution in [0.3, 0.4) is 0 Å². The summed E-state index contributed by atoms with van der Waals surface area (Å²) in [6.45, 7) is 1.91. The van der Waals surface area contributed by atoms with Gasteiger partial charge in [-0.3, -0.25) is 0 Å². The predicted octanol–water partition coefficient (Wildman–Crippen LogP) is 5.68. The zero-order chi connectivity index (χ0) is 31.1. The highest BCUT2D eigenvalue weighted by Gasteiger charge is 2.18. The van der Waals surface area contributed by atoms with E-state index < -0.39 is 23.4 Å². The van der Waals surface area contributed by atoms with Gasteiger partial charge in [-0.1, -0.05) is 18.2 Å². The Kier molecular flexibility index (Phi) is 10.1. The number of carboxylic acids is 1. The normalized spacial score (nSPS) is 10.9. The number of rotatable bonds is 10. The van der Waals surface area contributed by atoms with Crippen LogP contribution in [0.2, 0.25) is 0 Å². The molecule has 0 aliphatic rings. The van der Waals surface area contributed by atoms with E-state index >= 15 is 8.78 Å². The van der Waals surface area contributed by atoms with E-state index in [-0.39, 0.29) is 47.9 Å². The summed E-state index contributed by atoms with van der Waals surface area (Å²) in [6, 6.07) is 16.0. The number of aromatic carboxylic acids is 1. The Labute approximate surface area is 245 Å². The minimum absolute atomic E-state index is 0.0486. The molecule has 0 unspecified atom stereocenters. The molecule has 0 atom stereocenters. The lowest BCUT2D eigenvalue weighted by molar-refractivity contribution is 0.0697. The molecule has 0 saturated heterocycles. The van der Waals surface area contributed by atoms with Gasteiger partial charge < -0.3 is 24.6 Å². The summed E-state index contributed by atoms with van der Waals surface area (Å²) in [6.07, 6.45) is 0.302. The molecule has 0 bridgehead atoms. The monoisotopic (exact) mass is 593 g/mol. The molecule has 3 N–H and O–H groups in total. The summed E-state index contributed by atoms with van der Waals surface area (Å²) >= 11 is 0. The van der Waals surface area contributed by atoms with E-state index in [1.807, 2.05) is 0 Å². The van der Waals surface area contributed by atoms with Crippen molar-refractivity contribution in [2.24, 2.45) is 0 Å². The van der Waals surface area contributed by atoms with E-state index in [4.69, 9.17) is 9.84 Å². The topological polar surface area (TPSA) is 118 Å². The molecule has 0 fully saturated rings. The van der Waals surface area contributed by atoms with Crippen LogP contribution in [0.5, 0.6) is 5.88 Å². The van der Waals surface area contributed by atoms with Gasteiger partial charge in [-0.15, -0.1) is 0 Å². The van der Waals surface area contributed by atoms with Gasteiger partial charge in [0.05, 0.1) is 22.3 Å². The average Bonchev–Trinajstić information content (AvgIpc) is 3.34. The minimum Gasteiger partial charge on any atom is -0.478 e. The van der Waals surface area contributed by atoms with Crippen molar-refractivity contribution < 1.29 is 38.0 Å². The van der Waals surface area contributed by atoms with E-state index in [9.17, 15) is 19.4 Å². The van der Waals surface area contributed by atoms with Crippen LogP contribution in [0.15, 0.2) is 66.7 Å². The molecule has 224 valence electrons. The van der Waals surface area contributed by atoms with E-state index in [2.05, 4.69) is 9.97 Å². The molecule has 3 aromatic carbocycles. The molecule has 43 heavy (non-hydrogen) atoms. The fourth-order valence-corrected chi connectivity index (χ4v) is 4.58. The third-order valence-electron chi connectivity index (χ3n) is 6.68. The number of carboxylic acid groups (broad SMARTS) is 1. The molecular weight excluding hydrogens is 563 g/mol. The summed E-state index contributed by atoms with van der Waals surface area (Å²) in [4.78, 5) is 20.3. The fraction of sp³-hybridized carbons (Fsp3) is 0.219. The van der Waals surface area contributed by atoms with Gasteiger partial charge in [0, 0.05) is 43.9 Å². The number of aryl methyl sites for hydroxylation is 2. The van der Waals surface area contributed by atoms with Crippen molar-refractivity contribution in [1.82, 2.24) is 14.5 Å². The number of hydrogen-bond acceptors (Lipinski definition) is 6. The molecule has 0 radical (unpaired) electrons. The largest absolute Gasteiger partial charge is 0.478 e. The summed E-state index contributed by atoms with van der Waals surface area (Å²) in [7, 11) is 1.00. The van der Waals surface area contributed by atoms with Crippen LogP contribution in [-0.2, 0) is 19.6 Å². The maximum absolute atomic E-state index is 15.3. The highest BCUT2D eigenvalue weighted by atomic mass is 19.1. The highest BCUT2D eigenvalue weighted by molar-refractivity contribution is 5.92. The highest BCUT2D eigenvalue weighted by Crippen LogP contribution is 2.28. The smallest absolute Gasteiger partial charge is 0.335 e. The molecule has 0 aliphatic heterocycles. The molecule has 0 spiro atoms. The Bertz CT molecular complexity index is 1760. The lowest BCUT2D eigenvalue weighted by Crippen LogP contribution is -2.08. The van der Waals surface area contributed by atoms with Gasteiger partial charge in [-0.25, -0.2) is 27.9 Å². The van der Waals surface area contributed by atoms with E-state index in [0.29, 0.717) is 35.4 Å². The number of halogens is 3. The van der Waals surface area contributed by atoms with Crippen molar-refractivity contribution in [2.45, 2.75) is 32.9 Å². The Hall–Kier alpha value is -4.74. The SMILES string of the molecule is CO.Cc1ccc(COc2cccc(-c3cc(F)c(Cc4nc5ccc(C(=O)O)cc5n4CCCO)cc3F)n2)c(F)c1. The number of carbonyl (C=O) groups is 1. The predicted molar refractivity (Wildman–Crippen MR) is 154 cm³/mol. The molecule has 11 heteroatoms.